The number of unbranched alkanes of at least 4 members (excludes halogenated alkanes) is 1. The van der Waals surface area contributed by atoms with Crippen LogP contribution in [0.4, 0.5) is 0 Å². The molecule has 1 heterocycles. The maximum atomic E-state index is 3.01. The van der Waals surface area contributed by atoms with Gasteiger partial charge in [-0.3, -0.25) is 4.44 Å². The highest BCUT2D eigenvalue weighted by molar-refractivity contribution is 7.79. The number of rotatable bonds is 8. The minimum absolute atomic E-state index is 0.0329. The van der Waals surface area contributed by atoms with Crippen LogP contribution in [0.1, 0.15) is 57.1 Å². The Morgan fingerprint density at radius 2 is 1.56 bits per heavy atom. The maximum absolute atomic E-state index is 3.01. The van der Waals surface area contributed by atoms with Gasteiger partial charge >= 0.3 is 0 Å². The summed E-state index contributed by atoms with van der Waals surface area (Å²) in [7, 11) is -0.482. The molecule has 146 valence electrons. The fourth-order valence-electron chi connectivity index (χ4n) is 4.16. The van der Waals surface area contributed by atoms with Gasteiger partial charge in [0.1, 0.15) is 0 Å². The van der Waals surface area contributed by atoms with Crippen molar-refractivity contribution in [1.29, 1.82) is 0 Å². The van der Waals surface area contributed by atoms with E-state index in [4.69, 9.17) is 0 Å². The molecular weight excluding hydrogens is 364 g/mol. The van der Waals surface area contributed by atoms with Crippen molar-refractivity contribution < 1.29 is 0 Å². The van der Waals surface area contributed by atoms with Crippen LogP contribution in [-0.2, 0) is 0 Å². The van der Waals surface area contributed by atoms with Gasteiger partial charge in [-0.25, -0.2) is 0 Å². The van der Waals surface area contributed by atoms with E-state index in [0.717, 1.165) is 5.66 Å². The Hall–Kier alpha value is -0.740. The molecule has 1 fully saturated rings. The van der Waals surface area contributed by atoms with Gasteiger partial charge in [0.25, 0.3) is 0 Å². The van der Waals surface area contributed by atoms with Gasteiger partial charge in [-0.1, -0.05) is 68.8 Å². The van der Waals surface area contributed by atoms with Gasteiger partial charge in [0.2, 0.25) is 0 Å². The van der Waals surface area contributed by atoms with Crippen LogP contribution in [0.15, 0.2) is 48.5 Å². The predicted octanol–water partition coefficient (Wildman–Crippen LogP) is 6.72. The van der Waals surface area contributed by atoms with Crippen LogP contribution in [0.3, 0.4) is 0 Å². The van der Waals surface area contributed by atoms with E-state index in [1.54, 1.807) is 10.6 Å². The van der Waals surface area contributed by atoms with Gasteiger partial charge in [0, 0.05) is 14.6 Å². The van der Waals surface area contributed by atoms with Gasteiger partial charge in [0.05, 0.1) is 0 Å². The monoisotopic (exact) mass is 399 g/mol. The highest BCUT2D eigenvalue weighted by Gasteiger charge is 2.36. The SMILES string of the molecule is CCCCN(P(c1ccccc1C)c1ccccc1C)P1CCC[C@H]1CC. The van der Waals surface area contributed by atoms with Crippen molar-refractivity contribution in [2.75, 3.05) is 12.7 Å². The molecule has 1 saturated heterocycles. The third-order valence-electron chi connectivity index (χ3n) is 5.74. The molecular formula is C24H35NP2. The Bertz CT molecular complexity index is 684. The lowest BCUT2D eigenvalue weighted by Gasteiger charge is -2.40. The van der Waals surface area contributed by atoms with E-state index in [0.29, 0.717) is 0 Å². The van der Waals surface area contributed by atoms with Crippen LogP contribution >= 0.6 is 16.1 Å². The van der Waals surface area contributed by atoms with Crippen molar-refractivity contribution in [2.24, 2.45) is 0 Å². The lowest BCUT2D eigenvalue weighted by atomic mass is 10.2. The molecule has 2 atom stereocenters. The molecule has 1 nitrogen and oxygen atoms in total. The zero-order chi connectivity index (χ0) is 19.2. The average molecular weight is 399 g/mol. The number of hydrogen-bond acceptors (Lipinski definition) is 1. The summed E-state index contributed by atoms with van der Waals surface area (Å²) in [5.74, 6) is 0. The van der Waals surface area contributed by atoms with Crippen molar-refractivity contribution in [2.45, 2.75) is 65.5 Å². The highest BCUT2D eigenvalue weighted by atomic mass is 31.2. The molecule has 2 aromatic carbocycles. The molecule has 3 rings (SSSR count). The number of hydrogen-bond donors (Lipinski definition) is 0. The normalized spacial score (nSPS) is 19.9. The van der Waals surface area contributed by atoms with E-state index in [1.807, 2.05) is 0 Å². The van der Waals surface area contributed by atoms with Crippen LogP contribution in [-0.4, -0.2) is 22.8 Å². The van der Waals surface area contributed by atoms with E-state index in [-0.39, 0.29) is 8.07 Å². The van der Waals surface area contributed by atoms with Gasteiger partial charge in [-0.05, 0) is 81.2 Å². The minimum atomic E-state index is -0.449. The topological polar surface area (TPSA) is 3.24 Å². The Kier molecular flexibility index (Phi) is 7.89. The van der Waals surface area contributed by atoms with Gasteiger partial charge in [0.15, 0.2) is 0 Å². The molecule has 0 radical (unpaired) electrons. The number of benzene rings is 2. The fourth-order valence-corrected chi connectivity index (χ4v) is 11.5. The molecule has 27 heavy (non-hydrogen) atoms. The summed E-state index contributed by atoms with van der Waals surface area (Å²) in [5.41, 5.74) is 3.83. The third kappa shape index (κ3) is 4.82. The fraction of sp³-hybridized carbons (Fsp3) is 0.500. The quantitative estimate of drug-likeness (QED) is 0.445. The van der Waals surface area contributed by atoms with E-state index < -0.39 is 8.07 Å². The van der Waals surface area contributed by atoms with Crippen LogP contribution in [0.25, 0.3) is 0 Å². The molecule has 0 aromatic heterocycles. The maximum Gasteiger partial charge on any atom is 0.0323 e. The summed E-state index contributed by atoms with van der Waals surface area (Å²) in [5, 5.41) is 3.14. The molecule has 1 aliphatic heterocycles. The lowest BCUT2D eigenvalue weighted by molar-refractivity contribution is 0.631. The largest absolute Gasteiger partial charge is 0.252 e. The summed E-state index contributed by atoms with van der Waals surface area (Å²) in [4.78, 5) is 0. The molecule has 0 spiro atoms. The first-order valence-electron chi connectivity index (χ1n) is 10.6. The third-order valence-corrected chi connectivity index (χ3v) is 12.6. The Morgan fingerprint density at radius 3 is 2.07 bits per heavy atom. The highest BCUT2D eigenvalue weighted by Crippen LogP contribution is 2.63. The van der Waals surface area contributed by atoms with Crippen molar-refractivity contribution in [3.8, 4) is 0 Å². The first kappa shape index (κ1) is 21.0. The number of nitrogens with zero attached hydrogens (tertiary/aromatic N) is 1. The van der Waals surface area contributed by atoms with Gasteiger partial charge in [-0.2, -0.15) is 0 Å². The predicted molar refractivity (Wildman–Crippen MR) is 125 cm³/mol. The average Bonchev–Trinajstić information content (AvgIpc) is 3.15. The molecule has 0 amide bonds. The van der Waals surface area contributed by atoms with E-state index in [2.05, 4.69) is 80.7 Å². The lowest BCUT2D eigenvalue weighted by Crippen LogP contribution is -2.30. The molecule has 1 aliphatic rings. The van der Waals surface area contributed by atoms with E-state index in [9.17, 15) is 0 Å². The molecule has 2 aromatic rings. The first-order chi connectivity index (χ1) is 13.2. The van der Waals surface area contributed by atoms with Crippen LogP contribution < -0.4 is 10.6 Å². The summed E-state index contributed by atoms with van der Waals surface area (Å²) >= 11 is 0. The van der Waals surface area contributed by atoms with Crippen molar-refractivity contribution in [3.05, 3.63) is 59.7 Å². The standard InChI is InChI=1S/C24H35NP2/c1-5-7-18-25(26-19-12-15-22(26)6-2)27(23-16-10-8-13-20(23)3)24-17-11-9-14-21(24)4/h8-11,13-14,16-17,22H,5-7,12,15,18-19H2,1-4H3/t22-,26?/m1/s1. The Morgan fingerprint density at radius 1 is 0.963 bits per heavy atom. The zero-order valence-electron chi connectivity index (χ0n) is 17.5. The Balaban J connectivity index is 2.10. The molecule has 0 saturated carbocycles. The van der Waals surface area contributed by atoms with Crippen molar-refractivity contribution in [3.63, 3.8) is 0 Å². The summed E-state index contributed by atoms with van der Waals surface area (Å²) in [6.07, 6.45) is 8.24. The van der Waals surface area contributed by atoms with Crippen LogP contribution in [0.5, 0.6) is 0 Å². The second-order valence-electron chi connectivity index (χ2n) is 7.70. The first-order valence-corrected chi connectivity index (χ1v) is 13.5. The summed E-state index contributed by atoms with van der Waals surface area (Å²) in [6.45, 7) is 10.6. The van der Waals surface area contributed by atoms with Crippen LogP contribution in [0, 0.1) is 13.8 Å². The second kappa shape index (κ2) is 10.2. The second-order valence-corrected chi connectivity index (χ2v) is 12.6. The molecule has 0 bridgehead atoms. The molecule has 1 unspecified atom stereocenters. The Labute approximate surface area is 169 Å². The van der Waals surface area contributed by atoms with Gasteiger partial charge < -0.3 is 0 Å². The molecule has 3 heteroatoms. The van der Waals surface area contributed by atoms with Crippen molar-refractivity contribution >= 4 is 26.8 Å². The molecule has 0 N–H and O–H groups in total. The van der Waals surface area contributed by atoms with E-state index >= 15 is 0 Å². The summed E-state index contributed by atoms with van der Waals surface area (Å²) < 4.78 is 3.01. The smallest absolute Gasteiger partial charge is 0.0323 e. The minimum Gasteiger partial charge on any atom is -0.252 e. The zero-order valence-corrected chi connectivity index (χ0v) is 19.3. The molecule has 0 aliphatic carbocycles. The summed E-state index contributed by atoms with van der Waals surface area (Å²) in [6, 6.07) is 18.3. The van der Waals surface area contributed by atoms with E-state index in [1.165, 1.54) is 55.9 Å². The van der Waals surface area contributed by atoms with Crippen LogP contribution in [0.2, 0.25) is 0 Å². The number of aryl methyl sites for hydroxylation is 2. The van der Waals surface area contributed by atoms with Gasteiger partial charge in [-0.15, -0.1) is 0 Å². The van der Waals surface area contributed by atoms with Crippen molar-refractivity contribution in [1.82, 2.24) is 4.44 Å².